The Kier molecular flexibility index (Phi) is 8.28. The minimum atomic E-state index is -0.506. The summed E-state index contributed by atoms with van der Waals surface area (Å²) < 4.78 is 15.6. The van der Waals surface area contributed by atoms with Crippen molar-refractivity contribution < 1.29 is 24.1 Å². The lowest BCUT2D eigenvalue weighted by molar-refractivity contribution is 0.0504. The molecule has 114 valence electrons. The predicted octanol–water partition coefficient (Wildman–Crippen LogP) is 1.79. The predicted molar refractivity (Wildman–Crippen MR) is 77.9 cm³/mol. The first-order valence-electron chi connectivity index (χ1n) is 6.38. The van der Waals surface area contributed by atoms with E-state index in [2.05, 4.69) is 0 Å². The minimum absolute atomic E-state index is 0.124. The quantitative estimate of drug-likeness (QED) is 0.422. The van der Waals surface area contributed by atoms with Crippen LogP contribution in [0.15, 0.2) is 24.3 Å². The van der Waals surface area contributed by atoms with Crippen LogP contribution in [0.2, 0.25) is 0 Å². The number of rotatable bonds is 9. The topological polar surface area (TPSA) is 88.8 Å². The van der Waals surface area contributed by atoms with Gasteiger partial charge in [-0.25, -0.2) is 4.79 Å². The number of esters is 1. The van der Waals surface area contributed by atoms with E-state index >= 15 is 0 Å². The van der Waals surface area contributed by atoms with Crippen molar-refractivity contribution >= 4 is 17.7 Å². The monoisotopic (exact) mass is 311 g/mol. The maximum absolute atomic E-state index is 11.6. The summed E-state index contributed by atoms with van der Waals surface area (Å²) >= 11 is 0.910. The van der Waals surface area contributed by atoms with Gasteiger partial charge in [0.1, 0.15) is 17.8 Å². The van der Waals surface area contributed by atoms with E-state index in [1.807, 2.05) is 5.40 Å². The number of hydrogen-bond acceptors (Lipinski definition) is 7. The van der Waals surface area contributed by atoms with Gasteiger partial charge in [0.25, 0.3) is 0 Å². The number of ether oxygens (including phenoxy) is 3. The van der Waals surface area contributed by atoms with E-state index in [1.54, 1.807) is 31.2 Å². The molecular weight excluding hydrogens is 294 g/mol. The summed E-state index contributed by atoms with van der Waals surface area (Å²) in [6.45, 7) is 2.18. The van der Waals surface area contributed by atoms with E-state index in [1.165, 1.54) is 0 Å². The van der Waals surface area contributed by atoms with Gasteiger partial charge in [-0.2, -0.15) is 5.26 Å². The number of carbonyl (C=O) groups is 1. The van der Waals surface area contributed by atoms with Crippen LogP contribution in [-0.4, -0.2) is 42.9 Å². The molecule has 0 spiro atoms. The van der Waals surface area contributed by atoms with E-state index in [0.717, 1.165) is 11.8 Å². The molecule has 0 aliphatic heterocycles. The lowest BCUT2D eigenvalue weighted by atomic mass is 10.2. The molecule has 0 aliphatic carbocycles. The van der Waals surface area contributed by atoms with Crippen molar-refractivity contribution in [2.75, 3.05) is 26.4 Å². The van der Waals surface area contributed by atoms with E-state index in [9.17, 15) is 4.79 Å². The first-order valence-corrected chi connectivity index (χ1v) is 7.26. The van der Waals surface area contributed by atoms with Crippen molar-refractivity contribution in [2.45, 2.75) is 12.4 Å². The van der Waals surface area contributed by atoms with Gasteiger partial charge in [-0.05, 0) is 36.9 Å². The van der Waals surface area contributed by atoms with Gasteiger partial charge in [0.2, 0.25) is 0 Å². The fourth-order valence-electron chi connectivity index (χ4n) is 1.45. The van der Waals surface area contributed by atoms with Gasteiger partial charge in [0, 0.05) is 0 Å². The molecule has 1 aromatic rings. The SMILES string of the molecule is CCOC(=O)c1cccc(OCC(OCCO)SC#N)c1. The maximum atomic E-state index is 11.6. The Labute approximate surface area is 127 Å². The molecule has 6 nitrogen and oxygen atoms in total. The molecule has 0 heterocycles. The Balaban J connectivity index is 2.59. The first kappa shape index (κ1) is 17.3. The summed E-state index contributed by atoms with van der Waals surface area (Å²) in [5.74, 6) is 0.0686. The van der Waals surface area contributed by atoms with Crippen LogP contribution in [0.5, 0.6) is 5.75 Å². The molecule has 0 radical (unpaired) electrons. The second-order valence-electron chi connectivity index (χ2n) is 3.79. The number of aliphatic hydroxyl groups excluding tert-OH is 1. The number of thioether (sulfide) groups is 1. The van der Waals surface area contributed by atoms with Crippen LogP contribution in [0.3, 0.4) is 0 Å². The fourth-order valence-corrected chi connectivity index (χ4v) is 1.87. The highest BCUT2D eigenvalue weighted by atomic mass is 32.2. The van der Waals surface area contributed by atoms with Crippen LogP contribution < -0.4 is 4.74 Å². The highest BCUT2D eigenvalue weighted by Crippen LogP contribution is 2.17. The number of nitrogens with zero attached hydrogens (tertiary/aromatic N) is 1. The van der Waals surface area contributed by atoms with Crippen LogP contribution in [0.4, 0.5) is 0 Å². The molecule has 0 bridgehead atoms. The van der Waals surface area contributed by atoms with Crippen molar-refractivity contribution in [1.82, 2.24) is 0 Å². The second kappa shape index (κ2) is 10.0. The molecule has 1 rings (SSSR count). The number of benzene rings is 1. The van der Waals surface area contributed by atoms with Crippen LogP contribution in [0, 0.1) is 10.7 Å². The van der Waals surface area contributed by atoms with Gasteiger partial charge in [0.15, 0.2) is 5.44 Å². The van der Waals surface area contributed by atoms with Gasteiger partial charge in [-0.15, -0.1) is 0 Å². The first-order chi connectivity index (χ1) is 10.2. The van der Waals surface area contributed by atoms with E-state index < -0.39 is 11.4 Å². The van der Waals surface area contributed by atoms with Crippen molar-refractivity contribution in [3.63, 3.8) is 0 Å². The Hall–Kier alpha value is -1.75. The zero-order valence-electron chi connectivity index (χ0n) is 11.7. The molecule has 21 heavy (non-hydrogen) atoms. The zero-order chi connectivity index (χ0) is 15.5. The van der Waals surface area contributed by atoms with Crippen molar-refractivity contribution in [3.05, 3.63) is 29.8 Å². The highest BCUT2D eigenvalue weighted by Gasteiger charge is 2.12. The molecule has 1 aromatic carbocycles. The standard InChI is InChI=1S/C14H17NO5S/c1-2-18-14(17)11-4-3-5-12(8-11)20-9-13(21-10-15)19-7-6-16/h3-5,8,13,16H,2,6-7,9H2,1H3. The number of aliphatic hydroxyl groups is 1. The third-order valence-corrected chi connectivity index (χ3v) is 2.95. The summed E-state index contributed by atoms with van der Waals surface area (Å²) in [5.41, 5.74) is -0.108. The Morgan fingerprint density at radius 3 is 3.00 bits per heavy atom. The highest BCUT2D eigenvalue weighted by molar-refractivity contribution is 8.04. The van der Waals surface area contributed by atoms with Crippen molar-refractivity contribution in [3.8, 4) is 11.2 Å². The van der Waals surface area contributed by atoms with Gasteiger partial charge in [-0.3, -0.25) is 0 Å². The zero-order valence-corrected chi connectivity index (χ0v) is 12.5. The third-order valence-electron chi connectivity index (χ3n) is 2.31. The Morgan fingerprint density at radius 1 is 1.52 bits per heavy atom. The van der Waals surface area contributed by atoms with Gasteiger partial charge >= 0.3 is 5.97 Å². The lowest BCUT2D eigenvalue weighted by Crippen LogP contribution is -2.19. The summed E-state index contributed by atoms with van der Waals surface area (Å²) in [6, 6.07) is 6.58. The molecule has 0 aromatic heterocycles. The number of hydrogen-bond donors (Lipinski definition) is 1. The minimum Gasteiger partial charge on any atom is -0.490 e. The van der Waals surface area contributed by atoms with Gasteiger partial charge < -0.3 is 19.3 Å². The summed E-state index contributed by atoms with van der Waals surface area (Å²) in [6.07, 6.45) is 0. The van der Waals surface area contributed by atoms with Crippen LogP contribution in [-0.2, 0) is 9.47 Å². The maximum Gasteiger partial charge on any atom is 0.338 e. The molecule has 0 saturated heterocycles. The molecule has 1 N–H and O–H groups in total. The molecule has 0 saturated carbocycles. The molecule has 0 amide bonds. The molecular formula is C14H17NO5S. The molecule has 0 fully saturated rings. The van der Waals surface area contributed by atoms with Crippen molar-refractivity contribution in [1.29, 1.82) is 5.26 Å². The Morgan fingerprint density at radius 2 is 2.33 bits per heavy atom. The van der Waals surface area contributed by atoms with Crippen LogP contribution in [0.1, 0.15) is 17.3 Å². The number of thiocyanates is 1. The number of carbonyl (C=O) groups excluding carboxylic acids is 1. The van der Waals surface area contributed by atoms with Crippen molar-refractivity contribution in [2.24, 2.45) is 0 Å². The average Bonchev–Trinajstić information content (AvgIpc) is 2.50. The molecule has 7 heteroatoms. The second-order valence-corrected chi connectivity index (χ2v) is 4.74. The largest absolute Gasteiger partial charge is 0.490 e. The fraction of sp³-hybridized carbons (Fsp3) is 0.429. The molecule has 0 aliphatic rings. The van der Waals surface area contributed by atoms with Gasteiger partial charge in [-0.1, -0.05) is 6.07 Å². The van der Waals surface area contributed by atoms with Crippen LogP contribution in [0.25, 0.3) is 0 Å². The van der Waals surface area contributed by atoms with Crippen LogP contribution >= 0.6 is 11.8 Å². The van der Waals surface area contributed by atoms with E-state index in [-0.39, 0.29) is 19.8 Å². The lowest BCUT2D eigenvalue weighted by Gasteiger charge is -2.14. The average molecular weight is 311 g/mol. The number of nitriles is 1. The molecule has 1 unspecified atom stereocenters. The third kappa shape index (κ3) is 6.49. The normalized spacial score (nSPS) is 11.5. The van der Waals surface area contributed by atoms with E-state index in [4.69, 9.17) is 24.6 Å². The smallest absolute Gasteiger partial charge is 0.338 e. The summed E-state index contributed by atoms with van der Waals surface area (Å²) in [4.78, 5) is 11.6. The van der Waals surface area contributed by atoms with E-state index in [0.29, 0.717) is 17.9 Å². The van der Waals surface area contributed by atoms with Gasteiger partial charge in [0.05, 0.1) is 25.4 Å². The Bertz CT molecular complexity index is 488. The summed E-state index contributed by atoms with van der Waals surface area (Å²) in [7, 11) is 0. The molecule has 1 atom stereocenters. The summed E-state index contributed by atoms with van der Waals surface area (Å²) in [5, 5.41) is 19.3.